The first kappa shape index (κ1) is 11.5. The van der Waals surface area contributed by atoms with Crippen molar-refractivity contribution < 1.29 is 37.2 Å². The third-order valence-electron chi connectivity index (χ3n) is 0.514. The van der Waals surface area contributed by atoms with Gasteiger partial charge in [0.2, 0.25) is 0 Å². The van der Waals surface area contributed by atoms with Crippen LogP contribution in [0.1, 0.15) is 0 Å². The molecule has 0 saturated heterocycles. The van der Waals surface area contributed by atoms with Crippen molar-refractivity contribution in [1.82, 2.24) is 0 Å². The third-order valence-corrected chi connectivity index (χ3v) is 0.907. The van der Waals surface area contributed by atoms with Gasteiger partial charge in [-0.1, -0.05) is 0 Å². The molecule has 0 aromatic heterocycles. The Morgan fingerprint density at radius 1 is 1.88 bits per heavy atom. The van der Waals surface area contributed by atoms with Crippen molar-refractivity contribution in [3.05, 3.63) is 0 Å². The minimum Gasteiger partial charge on any atom is -0.480 e. The Morgan fingerprint density at radius 3 is 2.25 bits per heavy atom. The van der Waals surface area contributed by atoms with Gasteiger partial charge in [-0.2, -0.15) is 12.6 Å². The molecule has 8 heavy (non-hydrogen) atoms. The van der Waals surface area contributed by atoms with Gasteiger partial charge in [0.05, 0.1) is 0 Å². The van der Waals surface area contributed by atoms with Crippen molar-refractivity contribution in [3.8, 4) is 0 Å². The summed E-state index contributed by atoms with van der Waals surface area (Å²) in [5, 5.41) is 8.01. The molecule has 1 atom stereocenters. The summed E-state index contributed by atoms with van der Waals surface area (Å²) in [5.74, 6) is -0.815. The van der Waals surface area contributed by atoms with Crippen LogP contribution in [-0.2, 0) is 32.1 Å². The molecule has 44 valence electrons. The molecule has 0 aliphatic rings. The summed E-state index contributed by atoms with van der Waals surface area (Å²) in [6, 6.07) is -0.816. The van der Waals surface area contributed by atoms with E-state index >= 15 is 0 Å². The van der Waals surface area contributed by atoms with Gasteiger partial charge in [0, 0.05) is 33.1 Å². The van der Waals surface area contributed by atoms with E-state index in [0.29, 0.717) is 0 Å². The fourth-order valence-electron chi connectivity index (χ4n) is 0.0781. The Hall–Kier alpha value is 0.702. The molecule has 0 aromatic carbocycles. The second-order valence-electron chi connectivity index (χ2n) is 1.13. The quantitative estimate of drug-likeness (QED) is 0.438. The predicted molar refractivity (Wildman–Crippen MR) is 29.5 cm³/mol. The molecular weight excluding hydrogens is 227 g/mol. The molecule has 0 amide bonds. The number of carboxylic acids is 1. The fraction of sp³-hybridized carbons (Fsp3) is 0.667. The number of hydrogen-bond acceptors (Lipinski definition) is 3. The van der Waals surface area contributed by atoms with Gasteiger partial charge in [0.1, 0.15) is 6.04 Å². The van der Waals surface area contributed by atoms with E-state index < -0.39 is 12.0 Å². The first-order chi connectivity index (χ1) is 3.18. The molecule has 0 bridgehead atoms. The van der Waals surface area contributed by atoms with Gasteiger partial charge in [-0.05, 0) is 0 Å². The Kier molecular flexibility index (Phi) is 8.38. The van der Waals surface area contributed by atoms with E-state index in [9.17, 15) is 4.79 Å². The molecular formula is C3H7CdNO2S. The van der Waals surface area contributed by atoms with Gasteiger partial charge in [-0.25, -0.2) is 0 Å². The van der Waals surface area contributed by atoms with Crippen LogP contribution < -0.4 is 5.73 Å². The molecule has 3 N–H and O–H groups in total. The molecule has 1 unspecified atom stereocenters. The van der Waals surface area contributed by atoms with E-state index in [1.165, 1.54) is 0 Å². The summed E-state index contributed by atoms with van der Waals surface area (Å²) in [4.78, 5) is 9.76. The Labute approximate surface area is 73.2 Å². The maximum atomic E-state index is 9.76. The Bertz CT molecular complexity index is 79.7. The summed E-state index contributed by atoms with van der Waals surface area (Å²) < 4.78 is 0. The van der Waals surface area contributed by atoms with Crippen LogP contribution in [0.25, 0.3) is 0 Å². The number of rotatable bonds is 2. The molecule has 5 heteroatoms. The van der Waals surface area contributed by atoms with Crippen molar-refractivity contribution in [2.24, 2.45) is 5.73 Å². The van der Waals surface area contributed by atoms with Crippen molar-refractivity contribution in [2.45, 2.75) is 6.04 Å². The van der Waals surface area contributed by atoms with Crippen LogP contribution in [0.15, 0.2) is 0 Å². The monoisotopic (exact) mass is 235 g/mol. The van der Waals surface area contributed by atoms with Gasteiger partial charge in [0.15, 0.2) is 0 Å². The van der Waals surface area contributed by atoms with Crippen LogP contribution in [0.4, 0.5) is 0 Å². The van der Waals surface area contributed by atoms with Crippen molar-refractivity contribution in [1.29, 1.82) is 0 Å². The standard InChI is InChI=1S/C3H7NO2S.Cd/c4-2(1-7)3(5)6;/h2,7H,1,4H2,(H,5,6);. The van der Waals surface area contributed by atoms with Gasteiger partial charge in [0.25, 0.3) is 0 Å². The van der Waals surface area contributed by atoms with Crippen LogP contribution in [0.5, 0.6) is 0 Å². The number of nitrogens with two attached hydrogens (primary N) is 1. The largest absolute Gasteiger partial charge is 0.480 e. The summed E-state index contributed by atoms with van der Waals surface area (Å²) in [7, 11) is 0. The summed E-state index contributed by atoms with van der Waals surface area (Å²) in [6.45, 7) is 0. The molecule has 0 aliphatic carbocycles. The minimum atomic E-state index is -1.00. The second-order valence-corrected chi connectivity index (χ2v) is 1.49. The van der Waals surface area contributed by atoms with E-state index in [2.05, 4.69) is 12.6 Å². The molecule has 0 heterocycles. The topological polar surface area (TPSA) is 63.3 Å². The van der Waals surface area contributed by atoms with Crippen LogP contribution in [0.3, 0.4) is 0 Å². The molecule has 0 radical (unpaired) electrons. The van der Waals surface area contributed by atoms with Crippen LogP contribution in [0, 0.1) is 0 Å². The number of thiol groups is 1. The van der Waals surface area contributed by atoms with E-state index in [0.717, 1.165) is 0 Å². The number of carbonyl (C=O) groups is 1. The van der Waals surface area contributed by atoms with Crippen LogP contribution >= 0.6 is 12.6 Å². The summed E-state index contributed by atoms with van der Waals surface area (Å²) in [5.41, 5.74) is 4.94. The third kappa shape index (κ3) is 4.85. The Balaban J connectivity index is 0. The Morgan fingerprint density at radius 2 is 2.25 bits per heavy atom. The molecule has 0 spiro atoms. The zero-order valence-electron chi connectivity index (χ0n) is 4.37. The summed E-state index contributed by atoms with van der Waals surface area (Å²) >= 11 is 3.65. The van der Waals surface area contributed by atoms with E-state index in [4.69, 9.17) is 10.8 Å². The molecule has 0 rings (SSSR count). The second kappa shape index (κ2) is 5.83. The maximum Gasteiger partial charge on any atom is 0.321 e. The fourth-order valence-corrected chi connectivity index (χ4v) is 0.234. The van der Waals surface area contributed by atoms with Crippen LogP contribution in [-0.4, -0.2) is 22.9 Å². The predicted octanol–water partition coefficient (Wildman–Crippen LogP) is -0.674. The first-order valence-corrected chi connectivity index (χ1v) is 2.41. The number of hydrogen-bond donors (Lipinski definition) is 3. The van der Waals surface area contributed by atoms with Crippen molar-refractivity contribution in [2.75, 3.05) is 5.75 Å². The van der Waals surface area contributed by atoms with Crippen molar-refractivity contribution in [3.63, 3.8) is 0 Å². The average Bonchev–Trinajstić information content (AvgIpc) is 1.65. The zero-order chi connectivity index (χ0) is 5.86. The van der Waals surface area contributed by atoms with E-state index in [1.54, 1.807) is 0 Å². The molecule has 0 aromatic rings. The van der Waals surface area contributed by atoms with E-state index in [-0.39, 0.29) is 33.1 Å². The van der Waals surface area contributed by atoms with Gasteiger partial charge in [-0.15, -0.1) is 0 Å². The normalized spacial score (nSPS) is 11.8. The average molecular weight is 234 g/mol. The van der Waals surface area contributed by atoms with Gasteiger partial charge < -0.3 is 10.8 Å². The van der Waals surface area contributed by atoms with Gasteiger partial charge >= 0.3 is 5.97 Å². The smallest absolute Gasteiger partial charge is 0.321 e. The summed E-state index contributed by atoms with van der Waals surface area (Å²) in [6.07, 6.45) is 0. The van der Waals surface area contributed by atoms with Gasteiger partial charge in [-0.3, -0.25) is 4.79 Å². The van der Waals surface area contributed by atoms with Crippen molar-refractivity contribution >= 4 is 18.6 Å². The number of carboxylic acid groups (broad SMARTS) is 1. The minimum absolute atomic E-state index is 0. The van der Waals surface area contributed by atoms with E-state index in [1.807, 2.05) is 0 Å². The molecule has 3 nitrogen and oxygen atoms in total. The molecule has 0 aliphatic heterocycles. The molecule has 0 fully saturated rings. The number of aliphatic carboxylic acids is 1. The molecule has 0 saturated carbocycles. The zero-order valence-corrected chi connectivity index (χ0v) is 9.30. The first-order valence-electron chi connectivity index (χ1n) is 1.77. The SMILES string of the molecule is NC(CS)C(=O)O.[Cd]. The van der Waals surface area contributed by atoms with Crippen LogP contribution in [0.2, 0.25) is 0 Å². The maximum absolute atomic E-state index is 9.76.